The molecule has 0 saturated heterocycles. The molecule has 17 heavy (non-hydrogen) atoms. The second kappa shape index (κ2) is 4.65. The van der Waals surface area contributed by atoms with Gasteiger partial charge >= 0.3 is 0 Å². The molecule has 0 bridgehead atoms. The van der Waals surface area contributed by atoms with E-state index in [9.17, 15) is 0 Å². The SMILES string of the molecule is CCn1ccc(C#N)c1-c1ccc(C)cc1Cl. The molecular weight excluding hydrogens is 232 g/mol. The van der Waals surface area contributed by atoms with Crippen LogP contribution in [0.1, 0.15) is 18.1 Å². The predicted molar refractivity (Wildman–Crippen MR) is 70.0 cm³/mol. The first-order valence-corrected chi connectivity index (χ1v) is 5.91. The Morgan fingerprint density at radius 2 is 2.12 bits per heavy atom. The summed E-state index contributed by atoms with van der Waals surface area (Å²) < 4.78 is 2.04. The third-order valence-electron chi connectivity index (χ3n) is 2.80. The fourth-order valence-corrected chi connectivity index (χ4v) is 2.26. The van der Waals surface area contributed by atoms with Crippen LogP contribution in [0.5, 0.6) is 0 Å². The number of aromatic nitrogens is 1. The molecule has 1 aromatic carbocycles. The van der Waals surface area contributed by atoms with Crippen molar-refractivity contribution >= 4 is 11.6 Å². The maximum absolute atomic E-state index is 9.13. The Labute approximate surface area is 106 Å². The molecule has 3 heteroatoms. The molecule has 0 spiro atoms. The Balaban J connectivity index is 2.67. The average Bonchev–Trinajstić information content (AvgIpc) is 2.71. The van der Waals surface area contributed by atoms with Gasteiger partial charge in [-0.1, -0.05) is 23.7 Å². The quantitative estimate of drug-likeness (QED) is 0.785. The average molecular weight is 245 g/mol. The van der Waals surface area contributed by atoms with Gasteiger partial charge in [-0.25, -0.2) is 0 Å². The van der Waals surface area contributed by atoms with Crippen LogP contribution in [0.25, 0.3) is 11.3 Å². The van der Waals surface area contributed by atoms with Gasteiger partial charge in [0.1, 0.15) is 6.07 Å². The fourth-order valence-electron chi connectivity index (χ4n) is 1.94. The lowest BCUT2D eigenvalue weighted by molar-refractivity contribution is 0.776. The van der Waals surface area contributed by atoms with Gasteiger partial charge < -0.3 is 4.57 Å². The molecule has 2 rings (SSSR count). The number of halogens is 1. The van der Waals surface area contributed by atoms with E-state index in [0.29, 0.717) is 10.6 Å². The number of aryl methyl sites for hydroxylation is 2. The molecule has 0 atom stereocenters. The zero-order valence-corrected chi connectivity index (χ0v) is 10.6. The van der Waals surface area contributed by atoms with Crippen molar-refractivity contribution in [3.8, 4) is 17.3 Å². The molecule has 0 saturated carbocycles. The van der Waals surface area contributed by atoms with Gasteiger partial charge in [0.2, 0.25) is 0 Å². The highest BCUT2D eigenvalue weighted by Gasteiger charge is 2.13. The van der Waals surface area contributed by atoms with Crippen LogP contribution < -0.4 is 0 Å². The van der Waals surface area contributed by atoms with Gasteiger partial charge in [-0.15, -0.1) is 0 Å². The van der Waals surface area contributed by atoms with Crippen LogP contribution in [-0.4, -0.2) is 4.57 Å². The molecule has 1 aromatic heterocycles. The zero-order chi connectivity index (χ0) is 12.4. The molecule has 0 aliphatic rings. The van der Waals surface area contributed by atoms with Crippen molar-refractivity contribution in [2.75, 3.05) is 0 Å². The monoisotopic (exact) mass is 244 g/mol. The largest absolute Gasteiger partial charge is 0.347 e. The molecule has 0 fully saturated rings. The molecule has 1 heterocycles. The lowest BCUT2D eigenvalue weighted by Crippen LogP contribution is -1.97. The summed E-state index contributed by atoms with van der Waals surface area (Å²) in [7, 11) is 0. The lowest BCUT2D eigenvalue weighted by Gasteiger charge is -2.09. The van der Waals surface area contributed by atoms with Gasteiger partial charge in [0.15, 0.2) is 0 Å². The molecular formula is C14H13ClN2. The van der Waals surface area contributed by atoms with Crippen molar-refractivity contribution < 1.29 is 0 Å². The highest BCUT2D eigenvalue weighted by atomic mass is 35.5. The van der Waals surface area contributed by atoms with Crippen LogP contribution in [0, 0.1) is 18.3 Å². The number of nitriles is 1. The minimum absolute atomic E-state index is 0.664. The van der Waals surface area contributed by atoms with E-state index in [1.807, 2.05) is 48.9 Å². The molecule has 2 aromatic rings. The lowest BCUT2D eigenvalue weighted by atomic mass is 10.1. The van der Waals surface area contributed by atoms with E-state index in [0.717, 1.165) is 23.4 Å². The maximum atomic E-state index is 9.13. The molecule has 0 aliphatic heterocycles. The van der Waals surface area contributed by atoms with Crippen LogP contribution in [-0.2, 0) is 6.54 Å². The van der Waals surface area contributed by atoms with Gasteiger partial charge in [0.05, 0.1) is 16.3 Å². The Kier molecular flexibility index (Phi) is 3.21. The van der Waals surface area contributed by atoms with Crippen molar-refractivity contribution in [3.63, 3.8) is 0 Å². The second-order valence-corrected chi connectivity index (χ2v) is 4.37. The molecule has 86 valence electrons. The molecule has 0 N–H and O–H groups in total. The summed E-state index contributed by atoms with van der Waals surface area (Å²) in [6, 6.07) is 9.94. The molecule has 0 radical (unpaired) electrons. The Morgan fingerprint density at radius 3 is 2.71 bits per heavy atom. The first-order valence-electron chi connectivity index (χ1n) is 5.53. The number of hydrogen-bond donors (Lipinski definition) is 0. The van der Waals surface area contributed by atoms with Gasteiger partial charge in [-0.3, -0.25) is 0 Å². The van der Waals surface area contributed by atoms with Crippen LogP contribution in [0.3, 0.4) is 0 Å². The van der Waals surface area contributed by atoms with Gasteiger partial charge in [-0.05, 0) is 31.5 Å². The van der Waals surface area contributed by atoms with Gasteiger partial charge in [-0.2, -0.15) is 5.26 Å². The van der Waals surface area contributed by atoms with E-state index >= 15 is 0 Å². The third-order valence-corrected chi connectivity index (χ3v) is 3.12. The minimum atomic E-state index is 0.664. The molecule has 0 aliphatic carbocycles. The second-order valence-electron chi connectivity index (χ2n) is 3.96. The topological polar surface area (TPSA) is 28.7 Å². The zero-order valence-electron chi connectivity index (χ0n) is 9.87. The summed E-state index contributed by atoms with van der Waals surface area (Å²) in [5.41, 5.74) is 3.60. The number of hydrogen-bond acceptors (Lipinski definition) is 1. The summed E-state index contributed by atoms with van der Waals surface area (Å²) in [5, 5.41) is 9.82. The number of benzene rings is 1. The summed E-state index contributed by atoms with van der Waals surface area (Å²) in [4.78, 5) is 0. The molecule has 0 unspecified atom stereocenters. The normalized spacial score (nSPS) is 10.2. The van der Waals surface area contributed by atoms with Crippen molar-refractivity contribution in [1.29, 1.82) is 5.26 Å². The summed E-state index contributed by atoms with van der Waals surface area (Å²) in [6.45, 7) is 4.87. The number of rotatable bonds is 2. The van der Waals surface area contributed by atoms with Crippen LogP contribution in [0.4, 0.5) is 0 Å². The van der Waals surface area contributed by atoms with E-state index in [1.54, 1.807) is 0 Å². The van der Waals surface area contributed by atoms with Crippen molar-refractivity contribution in [3.05, 3.63) is 46.6 Å². The Hall–Kier alpha value is -1.72. The summed E-state index contributed by atoms with van der Waals surface area (Å²) >= 11 is 6.26. The van der Waals surface area contributed by atoms with Gasteiger partial charge in [0.25, 0.3) is 0 Å². The van der Waals surface area contributed by atoms with Crippen LogP contribution >= 0.6 is 11.6 Å². The highest BCUT2D eigenvalue weighted by molar-refractivity contribution is 6.33. The van der Waals surface area contributed by atoms with Crippen molar-refractivity contribution in [2.45, 2.75) is 20.4 Å². The van der Waals surface area contributed by atoms with E-state index in [4.69, 9.17) is 16.9 Å². The van der Waals surface area contributed by atoms with Crippen molar-refractivity contribution in [2.24, 2.45) is 0 Å². The fraction of sp³-hybridized carbons (Fsp3) is 0.214. The number of nitrogens with zero attached hydrogens (tertiary/aromatic N) is 2. The Bertz CT molecular complexity index is 591. The molecule has 2 nitrogen and oxygen atoms in total. The predicted octanol–water partition coefficient (Wildman–Crippen LogP) is 4.01. The summed E-state index contributed by atoms with van der Waals surface area (Å²) in [5.74, 6) is 0. The van der Waals surface area contributed by atoms with Crippen LogP contribution in [0.15, 0.2) is 30.5 Å². The summed E-state index contributed by atoms with van der Waals surface area (Å²) in [6.07, 6.45) is 1.92. The first-order chi connectivity index (χ1) is 8.17. The smallest absolute Gasteiger partial charge is 0.101 e. The highest BCUT2D eigenvalue weighted by Crippen LogP contribution is 2.31. The van der Waals surface area contributed by atoms with Crippen molar-refractivity contribution in [1.82, 2.24) is 4.57 Å². The van der Waals surface area contributed by atoms with E-state index in [-0.39, 0.29) is 0 Å². The first kappa shape index (κ1) is 11.8. The van der Waals surface area contributed by atoms with Gasteiger partial charge in [0, 0.05) is 18.3 Å². The minimum Gasteiger partial charge on any atom is -0.347 e. The molecule has 0 amide bonds. The van der Waals surface area contributed by atoms with E-state index < -0.39 is 0 Å². The maximum Gasteiger partial charge on any atom is 0.101 e. The third kappa shape index (κ3) is 2.07. The van der Waals surface area contributed by atoms with Crippen LogP contribution in [0.2, 0.25) is 5.02 Å². The Morgan fingerprint density at radius 1 is 1.35 bits per heavy atom. The van der Waals surface area contributed by atoms with E-state index in [2.05, 4.69) is 6.07 Å². The standard InChI is InChI=1S/C14H13ClN2/c1-3-17-7-6-11(9-16)14(17)12-5-4-10(2)8-13(12)15/h4-8H,3H2,1-2H3. The van der Waals surface area contributed by atoms with E-state index in [1.165, 1.54) is 0 Å².